The lowest BCUT2D eigenvalue weighted by Gasteiger charge is -2.23. The molecule has 3 heteroatoms. The van der Waals surface area contributed by atoms with E-state index >= 15 is 0 Å². The Morgan fingerprint density at radius 1 is 1.47 bits per heavy atom. The molecule has 1 aromatic heterocycles. The minimum atomic E-state index is 0.0475. The van der Waals surface area contributed by atoms with Crippen molar-refractivity contribution in [2.75, 3.05) is 7.05 Å². The molecule has 1 fully saturated rings. The van der Waals surface area contributed by atoms with Crippen molar-refractivity contribution >= 4 is 0 Å². The van der Waals surface area contributed by atoms with Gasteiger partial charge < -0.3 is 4.42 Å². The monoisotopic (exact) mass is 236 g/mol. The lowest BCUT2D eigenvalue weighted by molar-refractivity contribution is 0.202. The van der Waals surface area contributed by atoms with Crippen molar-refractivity contribution in [1.29, 1.82) is 0 Å². The summed E-state index contributed by atoms with van der Waals surface area (Å²) < 4.78 is 5.82. The highest BCUT2D eigenvalue weighted by Gasteiger charge is 2.31. The topological polar surface area (TPSA) is 29.3 Å². The fraction of sp³-hybridized carbons (Fsp3) is 0.786. The quantitative estimate of drug-likeness (QED) is 0.804. The normalized spacial score (nSPS) is 18.7. The summed E-state index contributed by atoms with van der Waals surface area (Å²) in [5.41, 5.74) is 0.0475. The summed E-state index contributed by atoms with van der Waals surface area (Å²) in [6, 6.07) is 0.639. The van der Waals surface area contributed by atoms with Gasteiger partial charge in [-0.15, -0.1) is 0 Å². The van der Waals surface area contributed by atoms with Crippen molar-refractivity contribution in [2.24, 2.45) is 5.92 Å². The third-order valence-electron chi connectivity index (χ3n) is 3.68. The average Bonchev–Trinajstić information content (AvgIpc) is 2.96. The van der Waals surface area contributed by atoms with E-state index in [0.29, 0.717) is 6.04 Å². The minimum Gasteiger partial charge on any atom is -0.444 e. The molecule has 0 spiro atoms. The Labute approximate surface area is 104 Å². The molecule has 0 amide bonds. The summed E-state index contributed by atoms with van der Waals surface area (Å²) in [6.07, 6.45) is 4.62. The zero-order valence-electron chi connectivity index (χ0n) is 11.7. The van der Waals surface area contributed by atoms with Crippen LogP contribution in [0.5, 0.6) is 0 Å². The van der Waals surface area contributed by atoms with E-state index in [9.17, 15) is 0 Å². The fourth-order valence-electron chi connectivity index (χ4n) is 2.03. The van der Waals surface area contributed by atoms with Crippen LogP contribution in [-0.2, 0) is 12.0 Å². The molecular formula is C14H24N2O. The number of aromatic nitrogens is 1. The largest absolute Gasteiger partial charge is 0.444 e. The molecule has 0 radical (unpaired) electrons. The molecule has 0 unspecified atom stereocenters. The Morgan fingerprint density at radius 3 is 2.59 bits per heavy atom. The van der Waals surface area contributed by atoms with Crippen LogP contribution in [0.1, 0.15) is 52.2 Å². The van der Waals surface area contributed by atoms with Gasteiger partial charge in [-0.25, -0.2) is 4.98 Å². The molecule has 0 aliphatic heterocycles. The van der Waals surface area contributed by atoms with Gasteiger partial charge >= 0.3 is 0 Å². The first-order valence-electron chi connectivity index (χ1n) is 6.53. The number of rotatable bonds is 4. The molecule has 0 bridgehead atoms. The van der Waals surface area contributed by atoms with E-state index in [2.05, 4.69) is 44.6 Å². The van der Waals surface area contributed by atoms with E-state index in [-0.39, 0.29) is 5.41 Å². The maximum Gasteiger partial charge on any atom is 0.208 e. The second-order valence-electron chi connectivity index (χ2n) is 6.36. The van der Waals surface area contributed by atoms with E-state index in [1.54, 1.807) is 0 Å². The van der Waals surface area contributed by atoms with Gasteiger partial charge in [0.05, 0.1) is 12.7 Å². The average molecular weight is 236 g/mol. The number of hydrogen-bond acceptors (Lipinski definition) is 3. The number of oxazole rings is 1. The molecule has 2 rings (SSSR count). The van der Waals surface area contributed by atoms with Crippen LogP contribution in [0.25, 0.3) is 0 Å². The van der Waals surface area contributed by atoms with Gasteiger partial charge in [0, 0.05) is 11.5 Å². The molecule has 1 aliphatic rings. The molecule has 1 atom stereocenters. The third kappa shape index (κ3) is 3.09. The van der Waals surface area contributed by atoms with Crippen LogP contribution in [0.3, 0.4) is 0 Å². The minimum absolute atomic E-state index is 0.0475. The highest BCUT2D eigenvalue weighted by Crippen LogP contribution is 2.35. The Balaban J connectivity index is 1.96. The van der Waals surface area contributed by atoms with Gasteiger partial charge in [-0.2, -0.15) is 0 Å². The van der Waals surface area contributed by atoms with Crippen LogP contribution < -0.4 is 0 Å². The smallest absolute Gasteiger partial charge is 0.208 e. The van der Waals surface area contributed by atoms with Gasteiger partial charge in [-0.3, -0.25) is 4.90 Å². The molecule has 17 heavy (non-hydrogen) atoms. The van der Waals surface area contributed by atoms with Crippen LogP contribution in [-0.4, -0.2) is 23.0 Å². The van der Waals surface area contributed by atoms with Crippen LogP contribution >= 0.6 is 0 Å². The van der Waals surface area contributed by atoms with E-state index in [1.807, 2.05) is 6.20 Å². The molecule has 0 aromatic carbocycles. The SMILES string of the molecule is C[C@H](C1CC1)N(C)Cc1ncc(C(C)(C)C)o1. The Kier molecular flexibility index (Phi) is 3.30. The van der Waals surface area contributed by atoms with Crippen LogP contribution in [0.2, 0.25) is 0 Å². The first kappa shape index (κ1) is 12.6. The molecule has 1 saturated carbocycles. The van der Waals surface area contributed by atoms with Crippen molar-refractivity contribution < 1.29 is 4.42 Å². The summed E-state index contributed by atoms with van der Waals surface area (Å²) in [5, 5.41) is 0. The third-order valence-corrected chi connectivity index (χ3v) is 3.68. The Hall–Kier alpha value is -0.830. The van der Waals surface area contributed by atoms with Crippen molar-refractivity contribution in [3.63, 3.8) is 0 Å². The zero-order valence-corrected chi connectivity index (χ0v) is 11.7. The Bertz CT molecular complexity index is 374. The van der Waals surface area contributed by atoms with Gasteiger partial charge in [0.2, 0.25) is 5.89 Å². The summed E-state index contributed by atoms with van der Waals surface area (Å²) in [5.74, 6) is 2.70. The fourth-order valence-corrected chi connectivity index (χ4v) is 2.03. The van der Waals surface area contributed by atoms with Crippen molar-refractivity contribution in [2.45, 2.75) is 58.5 Å². The highest BCUT2D eigenvalue weighted by molar-refractivity contribution is 5.06. The standard InChI is InChI=1S/C14H24N2O/c1-10(11-6-7-11)16(5)9-13-15-8-12(17-13)14(2,3)4/h8,10-11H,6-7,9H2,1-5H3/t10-/m1/s1. The van der Waals surface area contributed by atoms with Crippen molar-refractivity contribution in [1.82, 2.24) is 9.88 Å². The lowest BCUT2D eigenvalue weighted by Crippen LogP contribution is -2.30. The van der Waals surface area contributed by atoms with E-state index in [1.165, 1.54) is 12.8 Å². The highest BCUT2D eigenvalue weighted by atomic mass is 16.4. The summed E-state index contributed by atoms with van der Waals surface area (Å²) in [6.45, 7) is 9.55. The summed E-state index contributed by atoms with van der Waals surface area (Å²) >= 11 is 0. The van der Waals surface area contributed by atoms with E-state index < -0.39 is 0 Å². The molecule has 1 heterocycles. The summed E-state index contributed by atoms with van der Waals surface area (Å²) in [7, 11) is 2.16. The van der Waals surface area contributed by atoms with Gasteiger partial charge in [-0.1, -0.05) is 20.8 Å². The molecule has 0 saturated heterocycles. The second kappa shape index (κ2) is 4.45. The van der Waals surface area contributed by atoms with E-state index in [0.717, 1.165) is 24.1 Å². The molecule has 0 N–H and O–H groups in total. The number of hydrogen-bond donors (Lipinski definition) is 0. The summed E-state index contributed by atoms with van der Waals surface area (Å²) in [4.78, 5) is 6.72. The first-order valence-corrected chi connectivity index (χ1v) is 6.53. The molecular weight excluding hydrogens is 212 g/mol. The van der Waals surface area contributed by atoms with Gasteiger partial charge in [-0.05, 0) is 32.7 Å². The van der Waals surface area contributed by atoms with Crippen LogP contribution in [0.4, 0.5) is 0 Å². The predicted molar refractivity (Wildman–Crippen MR) is 68.9 cm³/mol. The van der Waals surface area contributed by atoms with Gasteiger partial charge in [0.15, 0.2) is 0 Å². The lowest BCUT2D eigenvalue weighted by atomic mass is 9.94. The second-order valence-corrected chi connectivity index (χ2v) is 6.36. The molecule has 1 aliphatic carbocycles. The molecule has 1 aromatic rings. The predicted octanol–water partition coefficient (Wildman–Crippen LogP) is 3.20. The number of nitrogens with zero attached hydrogens (tertiary/aromatic N) is 2. The Morgan fingerprint density at radius 2 is 2.12 bits per heavy atom. The van der Waals surface area contributed by atoms with Crippen LogP contribution in [0.15, 0.2) is 10.6 Å². The molecule has 3 nitrogen and oxygen atoms in total. The van der Waals surface area contributed by atoms with Crippen molar-refractivity contribution in [3.8, 4) is 0 Å². The first-order chi connectivity index (χ1) is 7.88. The van der Waals surface area contributed by atoms with Gasteiger partial charge in [0.25, 0.3) is 0 Å². The van der Waals surface area contributed by atoms with Crippen molar-refractivity contribution in [3.05, 3.63) is 17.8 Å². The zero-order chi connectivity index (χ0) is 12.6. The maximum atomic E-state index is 5.82. The van der Waals surface area contributed by atoms with Crippen LogP contribution in [0, 0.1) is 5.92 Å². The molecule has 96 valence electrons. The van der Waals surface area contributed by atoms with Gasteiger partial charge in [0.1, 0.15) is 5.76 Å². The maximum absolute atomic E-state index is 5.82. The van der Waals surface area contributed by atoms with E-state index in [4.69, 9.17) is 4.42 Å².